The number of halogens is 1. The van der Waals surface area contributed by atoms with Crippen LogP contribution in [0.4, 0.5) is 10.1 Å². The minimum atomic E-state index is -1.65. The maximum absolute atomic E-state index is 14.9. The zero-order chi connectivity index (χ0) is 22.5. The number of methoxy groups -OCH3 is 1. The summed E-state index contributed by atoms with van der Waals surface area (Å²) in [7, 11) is 1.69. The van der Waals surface area contributed by atoms with Gasteiger partial charge in [0.05, 0.1) is 42.2 Å². The van der Waals surface area contributed by atoms with E-state index < -0.39 is 22.8 Å². The molecule has 0 spiro atoms. The van der Waals surface area contributed by atoms with Crippen molar-refractivity contribution in [3.8, 4) is 11.6 Å². The first-order valence-corrected chi connectivity index (χ1v) is 11.1. The molecule has 9 nitrogen and oxygen atoms in total. The van der Waals surface area contributed by atoms with Gasteiger partial charge in [-0.1, -0.05) is 0 Å². The van der Waals surface area contributed by atoms with Crippen molar-refractivity contribution < 1.29 is 18.4 Å². The number of hydrogen-bond donors (Lipinski definition) is 2. The number of fused-ring (bicyclic) bond motifs is 1. The minimum absolute atomic E-state index is 0.0656. The second-order valence-electron chi connectivity index (χ2n) is 7.77. The topological polar surface area (TPSA) is 107 Å². The fraction of sp³-hybridized carbons (Fsp3) is 0.286. The van der Waals surface area contributed by atoms with E-state index >= 15 is 0 Å². The Labute approximate surface area is 185 Å². The van der Waals surface area contributed by atoms with Crippen LogP contribution in [-0.4, -0.2) is 47.1 Å². The molecule has 4 aromatic rings. The highest BCUT2D eigenvalue weighted by Crippen LogP contribution is 2.45. The van der Waals surface area contributed by atoms with Gasteiger partial charge in [-0.25, -0.2) is 18.3 Å². The number of hydrogen-bond acceptors (Lipinski definition) is 6. The molecule has 0 saturated heterocycles. The number of aromatic nitrogens is 5. The van der Waals surface area contributed by atoms with Gasteiger partial charge in [0.25, 0.3) is 0 Å². The zero-order valence-electron chi connectivity index (χ0n) is 17.4. The number of aliphatic hydroxyl groups excluding tert-OH is 1. The Morgan fingerprint density at radius 1 is 1.28 bits per heavy atom. The molecule has 0 bridgehead atoms. The lowest BCUT2D eigenvalue weighted by molar-refractivity contribution is -0.0606. The summed E-state index contributed by atoms with van der Waals surface area (Å²) in [6.07, 6.45) is 5.77. The summed E-state index contributed by atoms with van der Waals surface area (Å²) >= 11 is 0. The molecule has 1 aliphatic rings. The average Bonchev–Trinajstić information content (AvgIpc) is 3.41. The first kappa shape index (κ1) is 20.6. The SMILES string of the molecule is COc1ccc2cnn(C)c2c1NS(=O)c1cnn(-c2cc(C3(F)CC(O)C3)ccn2)c1. The van der Waals surface area contributed by atoms with E-state index in [1.165, 1.54) is 17.1 Å². The summed E-state index contributed by atoms with van der Waals surface area (Å²) < 4.78 is 39.5. The molecule has 166 valence electrons. The smallest absolute Gasteiger partial charge is 0.153 e. The zero-order valence-corrected chi connectivity index (χ0v) is 18.2. The first-order chi connectivity index (χ1) is 15.4. The highest BCUT2D eigenvalue weighted by molar-refractivity contribution is 7.86. The molecule has 1 atom stereocenters. The molecule has 1 aromatic carbocycles. The summed E-state index contributed by atoms with van der Waals surface area (Å²) in [4.78, 5) is 4.66. The minimum Gasteiger partial charge on any atom is -0.494 e. The van der Waals surface area contributed by atoms with Crippen molar-refractivity contribution in [1.82, 2.24) is 24.5 Å². The summed E-state index contributed by atoms with van der Waals surface area (Å²) in [5.41, 5.74) is 0.196. The van der Waals surface area contributed by atoms with E-state index in [0.717, 1.165) is 10.9 Å². The molecule has 5 rings (SSSR count). The molecule has 1 fully saturated rings. The van der Waals surface area contributed by atoms with E-state index in [2.05, 4.69) is 19.9 Å². The lowest BCUT2D eigenvalue weighted by atomic mass is 9.75. The van der Waals surface area contributed by atoms with Crippen molar-refractivity contribution in [3.63, 3.8) is 0 Å². The number of alkyl halides is 1. The van der Waals surface area contributed by atoms with Crippen LogP contribution in [0.1, 0.15) is 18.4 Å². The Kier molecular flexibility index (Phi) is 4.94. The number of rotatable bonds is 6. The van der Waals surface area contributed by atoms with E-state index in [9.17, 15) is 13.7 Å². The Balaban J connectivity index is 1.42. The van der Waals surface area contributed by atoms with E-state index in [4.69, 9.17) is 4.74 Å². The Bertz CT molecular complexity index is 1330. The third kappa shape index (κ3) is 3.43. The molecule has 0 aliphatic heterocycles. The molecule has 32 heavy (non-hydrogen) atoms. The second kappa shape index (κ2) is 7.68. The monoisotopic (exact) mass is 456 g/mol. The summed E-state index contributed by atoms with van der Waals surface area (Å²) in [6.45, 7) is 0. The molecule has 1 aliphatic carbocycles. The van der Waals surface area contributed by atoms with Gasteiger partial charge in [0.2, 0.25) is 0 Å². The highest BCUT2D eigenvalue weighted by Gasteiger charge is 2.45. The van der Waals surface area contributed by atoms with E-state index in [-0.39, 0.29) is 12.8 Å². The van der Waals surface area contributed by atoms with Crippen LogP contribution < -0.4 is 9.46 Å². The number of anilines is 1. The fourth-order valence-corrected chi connectivity index (χ4v) is 4.78. The molecule has 1 unspecified atom stereocenters. The van der Waals surface area contributed by atoms with Gasteiger partial charge in [-0.05, 0) is 29.8 Å². The second-order valence-corrected chi connectivity index (χ2v) is 8.98. The van der Waals surface area contributed by atoms with Gasteiger partial charge in [-0.3, -0.25) is 9.40 Å². The van der Waals surface area contributed by atoms with Crippen LogP contribution in [-0.2, 0) is 23.7 Å². The van der Waals surface area contributed by atoms with Crippen molar-refractivity contribution in [2.45, 2.75) is 29.5 Å². The van der Waals surface area contributed by atoms with Gasteiger partial charge in [0.15, 0.2) is 16.8 Å². The third-order valence-electron chi connectivity index (χ3n) is 5.67. The number of nitrogens with zero attached hydrogens (tertiary/aromatic N) is 5. The van der Waals surface area contributed by atoms with Crippen LogP contribution in [0.25, 0.3) is 16.7 Å². The summed E-state index contributed by atoms with van der Waals surface area (Å²) in [6, 6.07) is 6.86. The number of pyridine rings is 1. The van der Waals surface area contributed by atoms with Gasteiger partial charge in [-0.15, -0.1) is 0 Å². The number of ether oxygens (including phenoxy) is 1. The van der Waals surface area contributed by atoms with Gasteiger partial charge in [0, 0.05) is 31.5 Å². The lowest BCUT2D eigenvalue weighted by Crippen LogP contribution is -2.40. The Morgan fingerprint density at radius 3 is 2.84 bits per heavy atom. The molecule has 0 radical (unpaired) electrons. The van der Waals surface area contributed by atoms with Crippen molar-refractivity contribution in [2.24, 2.45) is 7.05 Å². The largest absolute Gasteiger partial charge is 0.494 e. The van der Waals surface area contributed by atoms with Crippen LogP contribution in [0, 0.1) is 0 Å². The van der Waals surface area contributed by atoms with E-state index in [0.29, 0.717) is 27.7 Å². The summed E-state index contributed by atoms with van der Waals surface area (Å²) in [5, 5.41) is 18.9. The molecule has 2 N–H and O–H groups in total. The normalized spacial score (nSPS) is 21.3. The van der Waals surface area contributed by atoms with Crippen LogP contribution >= 0.6 is 0 Å². The molecule has 11 heteroatoms. The summed E-state index contributed by atoms with van der Waals surface area (Å²) in [5.74, 6) is 0.933. The third-order valence-corrected chi connectivity index (χ3v) is 6.70. The van der Waals surface area contributed by atoms with Crippen LogP contribution in [0.15, 0.2) is 53.9 Å². The van der Waals surface area contributed by atoms with Gasteiger partial charge in [0.1, 0.15) is 17.1 Å². The fourth-order valence-electron chi connectivity index (χ4n) is 3.94. The maximum Gasteiger partial charge on any atom is 0.153 e. The highest BCUT2D eigenvalue weighted by atomic mass is 32.2. The molecule has 3 heterocycles. The average molecular weight is 457 g/mol. The van der Waals surface area contributed by atoms with Crippen LogP contribution in [0.2, 0.25) is 0 Å². The molecule has 3 aromatic heterocycles. The van der Waals surface area contributed by atoms with E-state index in [1.807, 2.05) is 6.07 Å². The molecular weight excluding hydrogens is 435 g/mol. The number of aliphatic hydroxyl groups is 1. The van der Waals surface area contributed by atoms with Crippen LogP contribution in [0.5, 0.6) is 5.75 Å². The Morgan fingerprint density at radius 2 is 2.09 bits per heavy atom. The Hall–Kier alpha value is -3.31. The molecule has 0 amide bonds. The predicted octanol–water partition coefficient (Wildman–Crippen LogP) is 2.62. The number of nitrogens with one attached hydrogen (secondary N) is 1. The van der Waals surface area contributed by atoms with Crippen molar-refractivity contribution in [3.05, 3.63) is 54.6 Å². The van der Waals surface area contributed by atoms with Crippen molar-refractivity contribution >= 4 is 27.6 Å². The lowest BCUT2D eigenvalue weighted by Gasteiger charge is -2.38. The van der Waals surface area contributed by atoms with Crippen molar-refractivity contribution in [1.29, 1.82) is 0 Å². The van der Waals surface area contributed by atoms with E-state index in [1.54, 1.807) is 49.4 Å². The standard InChI is InChI=1S/C21H21FN6O3S/c1-27-20-13(10-24-27)3-4-17(31-2)19(20)26-32(30)16-11-25-28(12-16)18-7-14(5-6-23-18)21(22)8-15(29)9-21/h3-7,10-12,15,26,29H,8-9H2,1-2H3. The number of aryl methyl sites for hydroxylation is 1. The first-order valence-electron chi connectivity index (χ1n) is 9.93. The molecular formula is C21H21FN6O3S. The number of benzene rings is 1. The van der Waals surface area contributed by atoms with Crippen molar-refractivity contribution in [2.75, 3.05) is 11.8 Å². The van der Waals surface area contributed by atoms with Crippen LogP contribution in [0.3, 0.4) is 0 Å². The van der Waals surface area contributed by atoms with Gasteiger partial charge in [-0.2, -0.15) is 10.2 Å². The quantitative estimate of drug-likeness (QED) is 0.462. The van der Waals surface area contributed by atoms with Gasteiger partial charge < -0.3 is 9.84 Å². The maximum atomic E-state index is 14.9. The molecule has 1 saturated carbocycles. The predicted molar refractivity (Wildman–Crippen MR) is 117 cm³/mol. The van der Waals surface area contributed by atoms with Gasteiger partial charge >= 0.3 is 0 Å².